The highest BCUT2D eigenvalue weighted by molar-refractivity contribution is 5.78. The van der Waals surface area contributed by atoms with Gasteiger partial charge in [-0.25, -0.2) is 18.2 Å². The summed E-state index contributed by atoms with van der Waals surface area (Å²) in [7, 11) is 0. The van der Waals surface area contributed by atoms with Gasteiger partial charge >= 0.3 is 0 Å². The van der Waals surface area contributed by atoms with E-state index >= 15 is 0 Å². The Morgan fingerprint density at radius 1 is 0.949 bits per heavy atom. The lowest BCUT2D eigenvalue weighted by Gasteiger charge is -2.39. The van der Waals surface area contributed by atoms with Crippen LogP contribution in [0.25, 0.3) is 16.9 Å². The summed E-state index contributed by atoms with van der Waals surface area (Å²) >= 11 is 0. The summed E-state index contributed by atoms with van der Waals surface area (Å²) in [5.41, 5.74) is 1.08. The first-order valence-corrected chi connectivity index (χ1v) is 14.1. The van der Waals surface area contributed by atoms with Crippen molar-refractivity contribution in [3.8, 4) is 5.82 Å². The van der Waals surface area contributed by atoms with Crippen LogP contribution in [0.2, 0.25) is 0 Å². The number of para-hydroxylation sites is 2. The number of hydrogen-bond acceptors (Lipinski definition) is 7. The Kier molecular flexibility index (Phi) is 7.87. The molecular weight excluding hydrogens is 507 g/mol. The first-order valence-electron chi connectivity index (χ1n) is 14.1. The highest BCUT2D eigenvalue weighted by Crippen LogP contribution is 2.31. The smallest absolute Gasteiger partial charge is 0.296 e. The number of anilines is 2. The van der Waals surface area contributed by atoms with Gasteiger partial charge in [-0.2, -0.15) is 9.97 Å². The minimum atomic E-state index is -2.75. The zero-order valence-corrected chi connectivity index (χ0v) is 22.1. The van der Waals surface area contributed by atoms with Crippen molar-refractivity contribution < 1.29 is 17.9 Å². The highest BCUT2D eigenvalue weighted by atomic mass is 19.3. The van der Waals surface area contributed by atoms with E-state index in [4.69, 9.17) is 14.7 Å². The Morgan fingerprint density at radius 3 is 2.49 bits per heavy atom. The number of piperidine rings is 1. The van der Waals surface area contributed by atoms with Crippen molar-refractivity contribution in [1.82, 2.24) is 24.4 Å². The van der Waals surface area contributed by atoms with Crippen LogP contribution in [0.3, 0.4) is 0 Å². The maximum atomic E-state index is 14.1. The van der Waals surface area contributed by atoms with E-state index in [0.717, 1.165) is 38.6 Å². The van der Waals surface area contributed by atoms with Crippen LogP contribution in [0.4, 0.5) is 24.9 Å². The van der Waals surface area contributed by atoms with Crippen LogP contribution in [0, 0.1) is 5.92 Å². The summed E-state index contributed by atoms with van der Waals surface area (Å²) in [6, 6.07) is 9.34. The second kappa shape index (κ2) is 11.7. The number of nitrogens with zero attached hydrogens (tertiary/aromatic N) is 6. The fourth-order valence-electron chi connectivity index (χ4n) is 6.24. The zero-order valence-electron chi connectivity index (χ0n) is 22.1. The molecule has 4 heterocycles. The van der Waals surface area contributed by atoms with Gasteiger partial charge in [0.15, 0.2) is 5.82 Å². The summed E-state index contributed by atoms with van der Waals surface area (Å²) < 4.78 is 49.0. The normalized spacial score (nSPS) is 24.9. The molecule has 2 aromatic heterocycles. The molecule has 1 N–H and O–H groups in total. The summed E-state index contributed by atoms with van der Waals surface area (Å²) in [5.74, 6) is 1.59. The number of aromatic nitrogens is 4. The Balaban J connectivity index is 1.22. The fourth-order valence-corrected chi connectivity index (χ4v) is 6.24. The molecule has 3 fully saturated rings. The fraction of sp³-hybridized carbons (Fsp3) is 0.607. The number of ether oxygens (including phenoxy) is 1. The summed E-state index contributed by atoms with van der Waals surface area (Å²) in [6.07, 6.45) is 2.44. The minimum absolute atomic E-state index is 0.333. The largest absolute Gasteiger partial charge is 0.378 e. The molecule has 1 aromatic carbocycles. The van der Waals surface area contributed by atoms with Crippen LogP contribution in [0.5, 0.6) is 0 Å². The third-order valence-electron chi connectivity index (χ3n) is 8.32. The molecule has 39 heavy (non-hydrogen) atoms. The van der Waals surface area contributed by atoms with E-state index in [1.165, 1.54) is 4.57 Å². The number of fused-ring (bicyclic) bond motifs is 1. The molecule has 1 atom stereocenters. The number of morpholine rings is 1. The van der Waals surface area contributed by atoms with Gasteiger partial charge in [-0.1, -0.05) is 12.1 Å². The van der Waals surface area contributed by atoms with Gasteiger partial charge in [0.2, 0.25) is 5.95 Å². The van der Waals surface area contributed by atoms with Crippen molar-refractivity contribution in [2.24, 2.45) is 5.92 Å². The molecule has 3 aromatic rings. The molecule has 2 saturated heterocycles. The number of alkyl halides is 3. The molecule has 3 aliphatic rings. The van der Waals surface area contributed by atoms with Gasteiger partial charge < -0.3 is 15.0 Å². The van der Waals surface area contributed by atoms with Crippen LogP contribution in [0.15, 0.2) is 30.3 Å². The van der Waals surface area contributed by atoms with Crippen LogP contribution < -0.4 is 10.2 Å². The van der Waals surface area contributed by atoms with Gasteiger partial charge in [0.1, 0.15) is 17.8 Å². The molecule has 1 aliphatic carbocycles. The van der Waals surface area contributed by atoms with Crippen LogP contribution in [0.1, 0.15) is 50.8 Å². The predicted molar refractivity (Wildman–Crippen MR) is 145 cm³/mol. The van der Waals surface area contributed by atoms with Crippen molar-refractivity contribution in [2.45, 2.75) is 57.2 Å². The quantitative estimate of drug-likeness (QED) is 0.450. The molecule has 2 aliphatic heterocycles. The molecular formula is C28H36F3N7O. The lowest BCUT2D eigenvalue weighted by molar-refractivity contribution is 0.0723. The van der Waals surface area contributed by atoms with Crippen LogP contribution in [-0.2, 0) is 4.74 Å². The number of benzene rings is 1. The van der Waals surface area contributed by atoms with Crippen molar-refractivity contribution in [2.75, 3.05) is 56.2 Å². The maximum Gasteiger partial charge on any atom is 0.296 e. The van der Waals surface area contributed by atoms with Crippen molar-refractivity contribution in [3.05, 3.63) is 36.2 Å². The summed E-state index contributed by atoms with van der Waals surface area (Å²) in [4.78, 5) is 18.1. The van der Waals surface area contributed by atoms with E-state index in [1.807, 2.05) is 6.07 Å². The number of rotatable bonds is 7. The Bertz CT molecular complexity index is 1260. The van der Waals surface area contributed by atoms with Crippen molar-refractivity contribution >= 4 is 22.8 Å². The van der Waals surface area contributed by atoms with Gasteiger partial charge in [-0.05, 0) is 63.1 Å². The molecule has 0 radical (unpaired) electrons. The van der Waals surface area contributed by atoms with E-state index in [2.05, 4.69) is 20.1 Å². The van der Waals surface area contributed by atoms with E-state index in [0.29, 0.717) is 86.4 Å². The van der Waals surface area contributed by atoms with E-state index in [9.17, 15) is 13.2 Å². The van der Waals surface area contributed by atoms with Gasteiger partial charge in [0.05, 0.1) is 24.2 Å². The molecule has 8 nitrogen and oxygen atoms in total. The average molecular weight is 544 g/mol. The van der Waals surface area contributed by atoms with Crippen molar-refractivity contribution in [3.63, 3.8) is 0 Å². The molecule has 6 rings (SSSR count). The number of likely N-dealkylation sites (tertiary alicyclic amines) is 1. The lowest BCUT2D eigenvalue weighted by atomic mass is 9.84. The van der Waals surface area contributed by atoms with Gasteiger partial charge in [-0.3, -0.25) is 9.47 Å². The number of nitrogens with one attached hydrogen (secondary N) is 1. The van der Waals surface area contributed by atoms with Crippen LogP contribution >= 0.6 is 0 Å². The van der Waals surface area contributed by atoms with Gasteiger partial charge in [0, 0.05) is 38.3 Å². The number of halogens is 3. The number of imidazole rings is 1. The summed E-state index contributed by atoms with van der Waals surface area (Å²) in [6.45, 7) is 4.79. The molecule has 0 spiro atoms. The van der Waals surface area contributed by atoms with Gasteiger partial charge in [-0.15, -0.1) is 0 Å². The zero-order chi connectivity index (χ0) is 26.8. The average Bonchev–Trinajstić information content (AvgIpc) is 3.37. The summed E-state index contributed by atoms with van der Waals surface area (Å²) in [5, 5.41) is 3.42. The minimum Gasteiger partial charge on any atom is -0.378 e. The second-order valence-corrected chi connectivity index (χ2v) is 10.9. The first kappa shape index (κ1) is 26.3. The standard InChI is InChI=1S/C28H36F3N7O/c29-20-4-3-11-37(18-20)21-9-7-19(8-10-21)17-32-28-34-24(36-12-14-39-15-13-36)16-25(35-28)38-23-6-2-1-5-22(23)33-27(38)26(30)31/h1-2,5-6,16,19-21,26H,3-4,7-15,17-18H2,(H,32,34,35)/t19-,20?,21-. The molecule has 1 unspecified atom stereocenters. The third kappa shape index (κ3) is 5.84. The van der Waals surface area contributed by atoms with Gasteiger partial charge in [0.25, 0.3) is 6.43 Å². The van der Waals surface area contributed by atoms with Crippen molar-refractivity contribution in [1.29, 1.82) is 0 Å². The Labute approximate surface area is 226 Å². The molecule has 0 amide bonds. The molecule has 210 valence electrons. The lowest BCUT2D eigenvalue weighted by Crippen LogP contribution is -2.45. The van der Waals surface area contributed by atoms with Crippen LogP contribution in [-0.4, -0.2) is 82.6 Å². The molecule has 0 bridgehead atoms. The Morgan fingerprint density at radius 2 is 1.72 bits per heavy atom. The molecule has 11 heteroatoms. The maximum absolute atomic E-state index is 14.1. The van der Waals surface area contributed by atoms with E-state index < -0.39 is 12.6 Å². The SMILES string of the molecule is FC1CCCN([C@H]2CC[C@H](CNc3nc(N4CCOCC4)cc(-n4c(C(F)F)nc5ccccc54)n3)CC2)C1. The van der Waals surface area contributed by atoms with E-state index in [1.54, 1.807) is 24.3 Å². The first-order chi connectivity index (χ1) is 19.0. The van der Waals surface area contributed by atoms with E-state index in [-0.39, 0.29) is 5.82 Å². The highest BCUT2D eigenvalue weighted by Gasteiger charge is 2.30. The molecule has 1 saturated carbocycles. The topological polar surface area (TPSA) is 71.3 Å². The third-order valence-corrected chi connectivity index (χ3v) is 8.32. The second-order valence-electron chi connectivity index (χ2n) is 10.9. The Hall–Kier alpha value is -2.92. The monoisotopic (exact) mass is 543 g/mol. The number of hydrogen-bond donors (Lipinski definition) is 1. The predicted octanol–water partition coefficient (Wildman–Crippen LogP) is 4.99.